The van der Waals surface area contributed by atoms with E-state index in [9.17, 15) is 13.2 Å². The van der Waals surface area contributed by atoms with Gasteiger partial charge in [-0.2, -0.15) is 0 Å². The average molecular weight is 287 g/mol. The van der Waals surface area contributed by atoms with Crippen molar-refractivity contribution in [2.24, 2.45) is 5.92 Å². The Hall–Kier alpha value is -1.34. The Morgan fingerprint density at radius 2 is 2.16 bits per heavy atom. The second kappa shape index (κ2) is 4.97. The van der Waals surface area contributed by atoms with E-state index < -0.39 is 16.0 Å². The largest absolute Gasteiger partial charge is 0.475 e. The van der Waals surface area contributed by atoms with Crippen LogP contribution in [0.3, 0.4) is 0 Å². The maximum atomic E-state index is 12.2. The molecule has 1 aliphatic carbocycles. The minimum Gasteiger partial charge on any atom is -0.475 e. The van der Waals surface area contributed by atoms with E-state index in [1.54, 1.807) is 0 Å². The second-order valence-corrected chi connectivity index (χ2v) is 6.76. The highest BCUT2D eigenvalue weighted by Crippen LogP contribution is 2.27. The summed E-state index contributed by atoms with van der Waals surface area (Å²) in [4.78, 5) is 10.7. The number of carboxylic acids is 1. The molecule has 106 valence electrons. The fourth-order valence-electron chi connectivity index (χ4n) is 2.43. The normalized spacial score (nSPS) is 23.7. The SMILES string of the molecule is Cc1oc(C(=O)O)cc1S(=O)(=O)NC1CCC(C)C1. The van der Waals surface area contributed by atoms with E-state index >= 15 is 0 Å². The number of aryl methyl sites for hydroxylation is 1. The van der Waals surface area contributed by atoms with Gasteiger partial charge in [-0.3, -0.25) is 0 Å². The van der Waals surface area contributed by atoms with Gasteiger partial charge in [0.2, 0.25) is 15.8 Å². The smallest absolute Gasteiger partial charge is 0.371 e. The first kappa shape index (κ1) is 14.1. The van der Waals surface area contributed by atoms with Crippen LogP contribution in [0.25, 0.3) is 0 Å². The van der Waals surface area contributed by atoms with Crippen LogP contribution in [0.4, 0.5) is 0 Å². The third kappa shape index (κ3) is 2.98. The summed E-state index contributed by atoms with van der Waals surface area (Å²) in [6, 6.07) is 0.973. The minimum absolute atomic E-state index is 0.0809. The molecule has 0 saturated heterocycles. The molecule has 7 heteroatoms. The molecule has 1 aromatic rings. The van der Waals surface area contributed by atoms with Gasteiger partial charge >= 0.3 is 5.97 Å². The summed E-state index contributed by atoms with van der Waals surface area (Å²) < 4.78 is 31.9. The molecule has 0 radical (unpaired) electrons. The Balaban J connectivity index is 2.22. The van der Waals surface area contributed by atoms with Gasteiger partial charge in [0.15, 0.2) is 0 Å². The molecule has 0 amide bonds. The van der Waals surface area contributed by atoms with Crippen LogP contribution < -0.4 is 4.72 Å². The standard InChI is InChI=1S/C12H17NO5S/c1-7-3-4-9(5-7)13-19(16,17)11-6-10(12(14)15)18-8(11)2/h6-7,9,13H,3-5H2,1-2H3,(H,14,15). The van der Waals surface area contributed by atoms with Gasteiger partial charge in [0.05, 0.1) is 0 Å². The molecular formula is C12H17NO5S. The molecule has 1 aromatic heterocycles. The molecule has 1 aliphatic rings. The van der Waals surface area contributed by atoms with Gasteiger partial charge < -0.3 is 9.52 Å². The molecule has 2 rings (SSSR count). The highest BCUT2D eigenvalue weighted by Gasteiger charge is 2.29. The summed E-state index contributed by atoms with van der Waals surface area (Å²) in [6.07, 6.45) is 2.61. The Morgan fingerprint density at radius 1 is 1.47 bits per heavy atom. The van der Waals surface area contributed by atoms with Gasteiger partial charge in [-0.05, 0) is 32.1 Å². The van der Waals surface area contributed by atoms with Crippen LogP contribution in [0.1, 0.15) is 42.5 Å². The van der Waals surface area contributed by atoms with Crippen molar-refractivity contribution in [3.63, 3.8) is 0 Å². The Bertz CT molecular complexity index is 589. The summed E-state index contributed by atoms with van der Waals surface area (Å²) >= 11 is 0. The van der Waals surface area contributed by atoms with Gasteiger partial charge in [0.25, 0.3) is 0 Å². The van der Waals surface area contributed by atoms with Crippen molar-refractivity contribution in [2.75, 3.05) is 0 Å². The van der Waals surface area contributed by atoms with Crippen molar-refractivity contribution >= 4 is 16.0 Å². The van der Waals surface area contributed by atoms with E-state index in [1.807, 2.05) is 0 Å². The number of hydrogen-bond donors (Lipinski definition) is 2. The van der Waals surface area contributed by atoms with E-state index in [4.69, 9.17) is 9.52 Å². The summed E-state index contributed by atoms with van der Waals surface area (Å²) in [5.74, 6) is -1.04. The van der Waals surface area contributed by atoms with Crippen molar-refractivity contribution in [3.8, 4) is 0 Å². The zero-order valence-corrected chi connectivity index (χ0v) is 11.7. The van der Waals surface area contributed by atoms with Gasteiger partial charge in [0.1, 0.15) is 10.7 Å². The number of carbonyl (C=O) groups is 1. The maximum absolute atomic E-state index is 12.2. The predicted molar refractivity (Wildman–Crippen MR) is 67.5 cm³/mol. The van der Waals surface area contributed by atoms with E-state index in [0.717, 1.165) is 25.3 Å². The lowest BCUT2D eigenvalue weighted by atomic mass is 10.1. The van der Waals surface area contributed by atoms with Crippen molar-refractivity contribution < 1.29 is 22.7 Å². The van der Waals surface area contributed by atoms with E-state index in [-0.39, 0.29) is 22.5 Å². The molecule has 19 heavy (non-hydrogen) atoms. The van der Waals surface area contributed by atoms with Crippen LogP contribution in [0, 0.1) is 12.8 Å². The van der Waals surface area contributed by atoms with Crippen LogP contribution in [-0.4, -0.2) is 25.5 Å². The molecule has 2 N–H and O–H groups in total. The fourth-order valence-corrected chi connectivity index (χ4v) is 3.90. The van der Waals surface area contributed by atoms with Crippen LogP contribution in [0.15, 0.2) is 15.4 Å². The first-order valence-corrected chi connectivity index (χ1v) is 7.64. The lowest BCUT2D eigenvalue weighted by Crippen LogP contribution is -2.33. The van der Waals surface area contributed by atoms with Crippen molar-refractivity contribution in [1.29, 1.82) is 0 Å². The Morgan fingerprint density at radius 3 is 2.63 bits per heavy atom. The molecule has 1 saturated carbocycles. The molecule has 0 spiro atoms. The second-order valence-electron chi connectivity index (χ2n) is 5.07. The number of carboxylic acid groups (broad SMARTS) is 1. The zero-order chi connectivity index (χ0) is 14.2. The average Bonchev–Trinajstić information content (AvgIpc) is 2.85. The van der Waals surface area contributed by atoms with E-state index in [0.29, 0.717) is 5.92 Å². The third-order valence-electron chi connectivity index (χ3n) is 3.39. The molecule has 1 fully saturated rings. The molecule has 2 atom stereocenters. The number of nitrogens with one attached hydrogen (secondary N) is 1. The van der Waals surface area contributed by atoms with Crippen molar-refractivity contribution in [1.82, 2.24) is 4.72 Å². The molecule has 0 aliphatic heterocycles. The molecule has 0 bridgehead atoms. The van der Waals surface area contributed by atoms with Gasteiger partial charge in [-0.25, -0.2) is 17.9 Å². The number of hydrogen-bond acceptors (Lipinski definition) is 4. The van der Waals surface area contributed by atoms with Crippen LogP contribution in [0.5, 0.6) is 0 Å². The summed E-state index contributed by atoms with van der Waals surface area (Å²) in [5, 5.41) is 8.80. The Kier molecular flexibility index (Phi) is 3.69. The van der Waals surface area contributed by atoms with Gasteiger partial charge in [0, 0.05) is 12.1 Å². The van der Waals surface area contributed by atoms with Gasteiger partial charge in [-0.1, -0.05) is 6.92 Å². The maximum Gasteiger partial charge on any atom is 0.371 e. The van der Waals surface area contributed by atoms with E-state index in [1.165, 1.54) is 6.92 Å². The van der Waals surface area contributed by atoms with Gasteiger partial charge in [-0.15, -0.1) is 0 Å². The highest BCUT2D eigenvalue weighted by molar-refractivity contribution is 7.89. The Labute approximate surface area is 111 Å². The van der Waals surface area contributed by atoms with Crippen LogP contribution in [-0.2, 0) is 10.0 Å². The third-order valence-corrected chi connectivity index (χ3v) is 5.02. The van der Waals surface area contributed by atoms with E-state index in [2.05, 4.69) is 11.6 Å². The lowest BCUT2D eigenvalue weighted by molar-refractivity contribution is 0.0661. The number of furan rings is 1. The quantitative estimate of drug-likeness (QED) is 0.879. The number of sulfonamides is 1. The monoisotopic (exact) mass is 287 g/mol. The first-order valence-electron chi connectivity index (χ1n) is 6.15. The topological polar surface area (TPSA) is 96.6 Å². The molecule has 6 nitrogen and oxygen atoms in total. The predicted octanol–water partition coefficient (Wildman–Crippen LogP) is 1.75. The molecule has 2 unspecified atom stereocenters. The van der Waals surface area contributed by atoms with Crippen LogP contribution in [0.2, 0.25) is 0 Å². The first-order chi connectivity index (χ1) is 8.79. The molecule has 0 aromatic carbocycles. The van der Waals surface area contributed by atoms with Crippen molar-refractivity contribution in [2.45, 2.75) is 44.0 Å². The number of rotatable bonds is 4. The van der Waals surface area contributed by atoms with Crippen LogP contribution >= 0.6 is 0 Å². The minimum atomic E-state index is -3.72. The number of aromatic carboxylic acids is 1. The summed E-state index contributed by atoms with van der Waals surface area (Å²) in [5.41, 5.74) is 0. The highest BCUT2D eigenvalue weighted by atomic mass is 32.2. The zero-order valence-electron chi connectivity index (χ0n) is 10.8. The molecular weight excluding hydrogens is 270 g/mol. The fraction of sp³-hybridized carbons (Fsp3) is 0.583. The molecule has 1 heterocycles. The summed E-state index contributed by atoms with van der Waals surface area (Å²) in [7, 11) is -3.72. The van der Waals surface area contributed by atoms with Crippen molar-refractivity contribution in [3.05, 3.63) is 17.6 Å². The summed E-state index contributed by atoms with van der Waals surface area (Å²) in [6.45, 7) is 3.53. The lowest BCUT2D eigenvalue weighted by Gasteiger charge is -2.12.